The summed E-state index contributed by atoms with van der Waals surface area (Å²) in [6.45, 7) is 8.25. The van der Waals surface area contributed by atoms with Gasteiger partial charge in [0.15, 0.2) is 0 Å². The molecule has 1 heterocycles. The molecule has 0 saturated heterocycles. The van der Waals surface area contributed by atoms with Crippen LogP contribution in [0.1, 0.15) is 65.1 Å². The van der Waals surface area contributed by atoms with Gasteiger partial charge in [-0.1, -0.05) is 29.8 Å². The first kappa shape index (κ1) is 27.0. The number of ether oxygens (including phenoxy) is 2. The maximum Gasteiger partial charge on any atom is 0.338 e. The smallest absolute Gasteiger partial charge is 0.338 e. The van der Waals surface area contributed by atoms with Crippen LogP contribution in [0, 0.1) is 11.3 Å². The molecule has 0 spiro atoms. The van der Waals surface area contributed by atoms with Gasteiger partial charge in [0.2, 0.25) is 0 Å². The number of aryl methyl sites for hydroxylation is 1. The third-order valence-electron chi connectivity index (χ3n) is 6.24. The van der Waals surface area contributed by atoms with E-state index in [1.165, 1.54) is 7.11 Å². The Morgan fingerprint density at radius 1 is 0.974 bits per heavy atom. The molecule has 4 rings (SSSR count). The predicted octanol–water partition coefficient (Wildman–Crippen LogP) is 7.19. The van der Waals surface area contributed by atoms with Crippen molar-refractivity contribution in [3.8, 4) is 17.2 Å². The molecule has 0 unspecified atom stereocenters. The normalized spacial score (nSPS) is 11.3. The Kier molecular flexibility index (Phi) is 7.61. The van der Waals surface area contributed by atoms with E-state index in [4.69, 9.17) is 21.1 Å². The Morgan fingerprint density at radius 3 is 2.39 bits per heavy atom. The number of carbonyl (C=O) groups excluding carboxylic acids is 2. The average Bonchev–Trinajstić information content (AvgIpc) is 3.24. The number of benzene rings is 3. The second-order valence-electron chi connectivity index (χ2n) is 10.0. The fourth-order valence-corrected chi connectivity index (χ4v) is 4.69. The predicted molar refractivity (Wildman–Crippen MR) is 149 cm³/mol. The molecule has 0 aliphatic rings. The largest absolute Gasteiger partial charge is 0.465 e. The van der Waals surface area contributed by atoms with E-state index in [-0.39, 0.29) is 0 Å². The van der Waals surface area contributed by atoms with E-state index in [1.54, 1.807) is 30.3 Å². The van der Waals surface area contributed by atoms with E-state index in [9.17, 15) is 14.9 Å². The average molecular weight is 529 g/mol. The van der Waals surface area contributed by atoms with Crippen molar-refractivity contribution in [2.24, 2.45) is 0 Å². The first-order valence-corrected chi connectivity index (χ1v) is 12.7. The number of hydrogen-bond donors (Lipinski definition) is 0. The van der Waals surface area contributed by atoms with E-state index in [2.05, 4.69) is 23.8 Å². The Labute approximate surface area is 227 Å². The molecule has 3 aromatic carbocycles. The third-order valence-corrected chi connectivity index (χ3v) is 6.47. The molecule has 0 N–H and O–H groups in total. The van der Waals surface area contributed by atoms with Gasteiger partial charge in [-0.05, 0) is 86.3 Å². The van der Waals surface area contributed by atoms with Crippen molar-refractivity contribution in [3.05, 3.63) is 93.6 Å². The van der Waals surface area contributed by atoms with Crippen LogP contribution in [0.5, 0.6) is 0 Å². The van der Waals surface area contributed by atoms with Gasteiger partial charge in [-0.25, -0.2) is 9.59 Å². The minimum atomic E-state index is -0.655. The van der Waals surface area contributed by atoms with Crippen molar-refractivity contribution >= 4 is 34.4 Å². The van der Waals surface area contributed by atoms with Crippen molar-refractivity contribution < 1.29 is 19.1 Å². The van der Waals surface area contributed by atoms with Crippen LogP contribution in [-0.2, 0) is 22.4 Å². The maximum atomic E-state index is 13.0. The Morgan fingerprint density at radius 2 is 1.74 bits per heavy atom. The number of nitrogens with zero attached hydrogens (tertiary/aromatic N) is 2. The van der Waals surface area contributed by atoms with Gasteiger partial charge in [0.25, 0.3) is 0 Å². The number of aromatic nitrogens is 1. The highest BCUT2D eigenvalue weighted by molar-refractivity contribution is 6.31. The summed E-state index contributed by atoms with van der Waals surface area (Å²) in [6.07, 6.45) is 2.61. The zero-order valence-corrected chi connectivity index (χ0v) is 22.8. The van der Waals surface area contributed by atoms with Gasteiger partial charge in [0, 0.05) is 35.1 Å². The lowest BCUT2D eigenvalue weighted by atomic mass is 9.90. The summed E-state index contributed by atoms with van der Waals surface area (Å²) in [4.78, 5) is 25.7. The molecule has 0 fully saturated rings. The van der Waals surface area contributed by atoms with E-state index >= 15 is 0 Å². The Balaban J connectivity index is 1.90. The van der Waals surface area contributed by atoms with E-state index < -0.39 is 17.5 Å². The quantitative estimate of drug-likeness (QED) is 0.247. The van der Waals surface area contributed by atoms with Crippen molar-refractivity contribution in [1.29, 1.82) is 5.26 Å². The number of nitriles is 1. The van der Waals surface area contributed by atoms with Crippen LogP contribution >= 0.6 is 11.6 Å². The van der Waals surface area contributed by atoms with Crippen molar-refractivity contribution in [1.82, 2.24) is 4.57 Å². The van der Waals surface area contributed by atoms with Gasteiger partial charge in [-0.15, -0.1) is 0 Å². The van der Waals surface area contributed by atoms with Crippen LogP contribution in [0.15, 0.2) is 60.8 Å². The lowest BCUT2D eigenvalue weighted by Gasteiger charge is -2.20. The molecule has 0 aliphatic carbocycles. The molecule has 194 valence electrons. The van der Waals surface area contributed by atoms with Crippen LogP contribution in [0.4, 0.5) is 0 Å². The highest BCUT2D eigenvalue weighted by Crippen LogP contribution is 2.34. The molecule has 38 heavy (non-hydrogen) atoms. The van der Waals surface area contributed by atoms with Gasteiger partial charge in [0.1, 0.15) is 5.60 Å². The fraction of sp³-hybridized carbons (Fsp3) is 0.258. The molecule has 0 saturated carbocycles. The minimum absolute atomic E-state index is 0.303. The topological polar surface area (TPSA) is 81.3 Å². The minimum Gasteiger partial charge on any atom is -0.465 e. The Hall–Kier alpha value is -4.08. The van der Waals surface area contributed by atoms with Crippen LogP contribution in [-0.4, -0.2) is 29.2 Å². The molecule has 6 nitrogen and oxygen atoms in total. The van der Waals surface area contributed by atoms with E-state index in [0.29, 0.717) is 39.3 Å². The number of esters is 2. The first-order chi connectivity index (χ1) is 18.0. The summed E-state index contributed by atoms with van der Waals surface area (Å²) in [6, 6.07) is 18.3. The molecule has 0 amide bonds. The zero-order chi connectivity index (χ0) is 27.6. The summed E-state index contributed by atoms with van der Waals surface area (Å²) in [5, 5.41) is 10.8. The number of carbonyl (C=O) groups is 2. The molecule has 0 radical (unpaired) electrons. The summed E-state index contributed by atoms with van der Waals surface area (Å²) in [5.41, 5.74) is 4.88. The first-order valence-electron chi connectivity index (χ1n) is 12.3. The number of methoxy groups -OCH3 is 1. The van der Waals surface area contributed by atoms with Crippen LogP contribution in [0.25, 0.3) is 22.0 Å². The summed E-state index contributed by atoms with van der Waals surface area (Å²) in [7, 11) is 1.32. The summed E-state index contributed by atoms with van der Waals surface area (Å²) in [5.74, 6) is -0.978. The zero-order valence-electron chi connectivity index (χ0n) is 22.1. The number of rotatable bonds is 6. The molecule has 0 atom stereocenters. The van der Waals surface area contributed by atoms with E-state index in [0.717, 1.165) is 28.6 Å². The highest BCUT2D eigenvalue weighted by atomic mass is 35.5. The van der Waals surface area contributed by atoms with Crippen LogP contribution in [0.3, 0.4) is 0 Å². The maximum absolute atomic E-state index is 13.0. The second kappa shape index (κ2) is 10.7. The van der Waals surface area contributed by atoms with Crippen molar-refractivity contribution in [3.63, 3.8) is 0 Å². The van der Waals surface area contributed by atoms with Gasteiger partial charge >= 0.3 is 11.9 Å². The molecule has 7 heteroatoms. The third kappa shape index (κ3) is 5.58. The summed E-state index contributed by atoms with van der Waals surface area (Å²) >= 11 is 6.23. The lowest BCUT2D eigenvalue weighted by Crippen LogP contribution is -2.24. The standard InChI is InChI=1S/C31H29ClN2O4/c1-6-34-18-22(24-11-7-19(17-33)13-28(24)34)14-20-8-9-21(29(35)38-31(2,3)4)15-26(20)25-12-10-23(32)16-27(25)30(36)37-5/h7-13,15-16,18H,6,14H2,1-5H3. The number of hydrogen-bond acceptors (Lipinski definition) is 5. The van der Waals surface area contributed by atoms with Crippen molar-refractivity contribution in [2.45, 2.75) is 46.3 Å². The monoisotopic (exact) mass is 528 g/mol. The molecule has 4 aromatic rings. The lowest BCUT2D eigenvalue weighted by molar-refractivity contribution is 0.00694. The van der Waals surface area contributed by atoms with Gasteiger partial charge in [0.05, 0.1) is 29.9 Å². The van der Waals surface area contributed by atoms with Crippen LogP contribution in [0.2, 0.25) is 5.02 Å². The fourth-order valence-electron chi connectivity index (χ4n) is 4.52. The van der Waals surface area contributed by atoms with Crippen molar-refractivity contribution in [2.75, 3.05) is 7.11 Å². The van der Waals surface area contributed by atoms with Gasteiger partial charge < -0.3 is 14.0 Å². The number of halogens is 1. The molecule has 1 aromatic heterocycles. The molecular formula is C31H29ClN2O4. The molecule has 0 bridgehead atoms. The van der Waals surface area contributed by atoms with Gasteiger partial charge in [-0.2, -0.15) is 5.26 Å². The molecule has 0 aliphatic heterocycles. The van der Waals surface area contributed by atoms with Crippen LogP contribution < -0.4 is 0 Å². The second-order valence-corrected chi connectivity index (χ2v) is 10.5. The summed E-state index contributed by atoms with van der Waals surface area (Å²) < 4.78 is 12.8. The highest BCUT2D eigenvalue weighted by Gasteiger charge is 2.22. The number of fused-ring (bicyclic) bond motifs is 1. The SMILES string of the molecule is CCn1cc(Cc2ccc(C(=O)OC(C)(C)C)cc2-c2ccc(Cl)cc2C(=O)OC)c2ccc(C#N)cc21. The Bertz CT molecular complexity index is 1590. The van der Waals surface area contributed by atoms with Gasteiger partial charge in [-0.3, -0.25) is 0 Å². The molecular weight excluding hydrogens is 500 g/mol. The van der Waals surface area contributed by atoms with E-state index in [1.807, 2.05) is 45.0 Å².